The van der Waals surface area contributed by atoms with E-state index in [-0.39, 0.29) is 30.6 Å². The molecule has 1 heterocycles. The van der Waals surface area contributed by atoms with Gasteiger partial charge in [-0.15, -0.1) is 0 Å². The second-order valence-corrected chi connectivity index (χ2v) is 7.71. The van der Waals surface area contributed by atoms with E-state index >= 15 is 0 Å². The van der Waals surface area contributed by atoms with Gasteiger partial charge in [0.05, 0.1) is 6.26 Å². The molecule has 1 aliphatic heterocycles. The molecule has 7 nitrogen and oxygen atoms in total. The summed E-state index contributed by atoms with van der Waals surface area (Å²) in [6.45, 7) is 3.28. The van der Waals surface area contributed by atoms with Gasteiger partial charge in [-0.3, -0.25) is 9.59 Å². The van der Waals surface area contributed by atoms with E-state index in [1.807, 2.05) is 0 Å². The average molecular weight is 320 g/mol. The van der Waals surface area contributed by atoms with Crippen molar-refractivity contribution >= 4 is 21.9 Å². The number of carboxylic acid groups (broad SMARTS) is 1. The van der Waals surface area contributed by atoms with E-state index in [1.165, 1.54) is 0 Å². The molecule has 0 bridgehead atoms. The Morgan fingerprint density at radius 1 is 1.38 bits per heavy atom. The van der Waals surface area contributed by atoms with E-state index in [9.17, 15) is 18.0 Å². The van der Waals surface area contributed by atoms with Crippen LogP contribution in [0, 0.1) is 11.8 Å². The molecule has 1 amide bonds. The third-order valence-electron chi connectivity index (χ3n) is 3.55. The SMILES string of the molecule is CC(CC(=O)O)CC(=O)N1CCCC(CNS(C)(=O)=O)C1. The smallest absolute Gasteiger partial charge is 0.303 e. The molecule has 0 aromatic carbocycles. The quantitative estimate of drug-likeness (QED) is 0.701. The lowest BCUT2D eigenvalue weighted by Crippen LogP contribution is -2.44. The van der Waals surface area contributed by atoms with Crippen LogP contribution in [0.1, 0.15) is 32.6 Å². The van der Waals surface area contributed by atoms with Crippen molar-refractivity contribution in [2.24, 2.45) is 11.8 Å². The number of hydrogen-bond acceptors (Lipinski definition) is 4. The molecular weight excluding hydrogens is 296 g/mol. The van der Waals surface area contributed by atoms with E-state index < -0.39 is 16.0 Å². The first-order valence-corrected chi connectivity index (χ1v) is 9.00. The summed E-state index contributed by atoms with van der Waals surface area (Å²) in [6.07, 6.45) is 3.05. The number of likely N-dealkylation sites (tertiary alicyclic amines) is 1. The van der Waals surface area contributed by atoms with Gasteiger partial charge in [0.2, 0.25) is 15.9 Å². The van der Waals surface area contributed by atoms with Gasteiger partial charge in [-0.25, -0.2) is 13.1 Å². The Kier molecular flexibility index (Phi) is 6.60. The maximum atomic E-state index is 12.1. The highest BCUT2D eigenvalue weighted by atomic mass is 32.2. The Hall–Kier alpha value is -1.15. The van der Waals surface area contributed by atoms with Crippen molar-refractivity contribution in [3.05, 3.63) is 0 Å². The van der Waals surface area contributed by atoms with Gasteiger partial charge in [0, 0.05) is 32.5 Å². The molecule has 0 radical (unpaired) electrons. The summed E-state index contributed by atoms with van der Waals surface area (Å²) in [5.74, 6) is -1.02. The standard InChI is InChI=1S/C13H24N2O5S/c1-10(7-13(17)18)6-12(16)15-5-3-4-11(9-15)8-14-21(2,19)20/h10-11,14H,3-9H2,1-2H3,(H,17,18). The molecule has 2 unspecified atom stereocenters. The molecule has 0 aliphatic carbocycles. The summed E-state index contributed by atoms with van der Waals surface area (Å²) in [4.78, 5) is 24.5. The van der Waals surface area contributed by atoms with E-state index in [2.05, 4.69) is 4.72 Å². The minimum absolute atomic E-state index is 0.0152. The predicted molar refractivity (Wildman–Crippen MR) is 78.2 cm³/mol. The lowest BCUT2D eigenvalue weighted by molar-refractivity contribution is -0.139. The highest BCUT2D eigenvalue weighted by Crippen LogP contribution is 2.18. The zero-order valence-electron chi connectivity index (χ0n) is 12.5. The van der Waals surface area contributed by atoms with Gasteiger partial charge in [-0.05, 0) is 24.7 Å². The van der Waals surface area contributed by atoms with Crippen LogP contribution in [0.3, 0.4) is 0 Å². The number of carbonyl (C=O) groups excluding carboxylic acids is 1. The Morgan fingerprint density at radius 2 is 2.05 bits per heavy atom. The fourth-order valence-electron chi connectivity index (χ4n) is 2.52. The minimum atomic E-state index is -3.21. The molecule has 0 aromatic rings. The van der Waals surface area contributed by atoms with Gasteiger partial charge in [0.15, 0.2) is 0 Å². The van der Waals surface area contributed by atoms with Crippen LogP contribution in [0.5, 0.6) is 0 Å². The van der Waals surface area contributed by atoms with Crippen molar-refractivity contribution < 1.29 is 23.1 Å². The van der Waals surface area contributed by atoms with Crippen molar-refractivity contribution in [3.63, 3.8) is 0 Å². The summed E-state index contributed by atoms with van der Waals surface area (Å²) >= 11 is 0. The molecule has 0 spiro atoms. The normalized spacial score (nSPS) is 21.0. The summed E-state index contributed by atoms with van der Waals surface area (Å²) in [5, 5.41) is 8.71. The zero-order chi connectivity index (χ0) is 16.0. The van der Waals surface area contributed by atoms with Crippen LogP contribution >= 0.6 is 0 Å². The zero-order valence-corrected chi connectivity index (χ0v) is 13.4. The number of sulfonamides is 1. The molecule has 122 valence electrons. The predicted octanol–water partition coefficient (Wildman–Crippen LogP) is 0.275. The van der Waals surface area contributed by atoms with Crippen LogP contribution in [0.2, 0.25) is 0 Å². The van der Waals surface area contributed by atoms with Crippen LogP contribution < -0.4 is 4.72 Å². The first-order chi connectivity index (χ1) is 9.67. The van der Waals surface area contributed by atoms with Gasteiger partial charge in [0.25, 0.3) is 0 Å². The highest BCUT2D eigenvalue weighted by Gasteiger charge is 2.25. The van der Waals surface area contributed by atoms with E-state index in [0.717, 1.165) is 19.1 Å². The van der Waals surface area contributed by atoms with Crippen molar-refractivity contribution in [2.45, 2.75) is 32.6 Å². The largest absolute Gasteiger partial charge is 0.481 e. The fourth-order valence-corrected chi connectivity index (χ4v) is 3.06. The molecule has 0 saturated carbocycles. The van der Waals surface area contributed by atoms with Gasteiger partial charge in [-0.2, -0.15) is 0 Å². The third-order valence-corrected chi connectivity index (χ3v) is 4.24. The van der Waals surface area contributed by atoms with Crippen LogP contribution in [0.4, 0.5) is 0 Å². The van der Waals surface area contributed by atoms with Gasteiger partial charge in [0.1, 0.15) is 0 Å². The van der Waals surface area contributed by atoms with Crippen LogP contribution in [0.15, 0.2) is 0 Å². The molecule has 2 atom stereocenters. The van der Waals surface area contributed by atoms with Crippen LogP contribution in [-0.2, 0) is 19.6 Å². The highest BCUT2D eigenvalue weighted by molar-refractivity contribution is 7.88. The van der Waals surface area contributed by atoms with Crippen molar-refractivity contribution in [2.75, 3.05) is 25.9 Å². The number of nitrogens with zero attached hydrogens (tertiary/aromatic N) is 1. The van der Waals surface area contributed by atoms with Crippen LogP contribution in [0.25, 0.3) is 0 Å². The van der Waals surface area contributed by atoms with Crippen LogP contribution in [-0.4, -0.2) is 56.2 Å². The maximum absolute atomic E-state index is 12.1. The molecule has 1 aliphatic rings. The van der Waals surface area contributed by atoms with Gasteiger partial charge < -0.3 is 10.0 Å². The number of amides is 1. The third kappa shape index (κ3) is 7.42. The minimum Gasteiger partial charge on any atom is -0.481 e. The summed E-state index contributed by atoms with van der Waals surface area (Å²) in [6, 6.07) is 0. The summed E-state index contributed by atoms with van der Waals surface area (Å²) < 4.78 is 24.7. The topological polar surface area (TPSA) is 104 Å². The molecule has 21 heavy (non-hydrogen) atoms. The number of aliphatic carboxylic acids is 1. The number of carboxylic acids is 1. The lowest BCUT2D eigenvalue weighted by Gasteiger charge is -2.33. The number of carbonyl (C=O) groups is 2. The average Bonchev–Trinajstić information content (AvgIpc) is 2.34. The molecular formula is C13H24N2O5S. The number of piperidine rings is 1. The van der Waals surface area contributed by atoms with Crippen molar-refractivity contribution in [1.82, 2.24) is 9.62 Å². The molecule has 8 heteroatoms. The first kappa shape index (κ1) is 17.9. The molecule has 2 N–H and O–H groups in total. The number of rotatable bonds is 7. The van der Waals surface area contributed by atoms with Gasteiger partial charge >= 0.3 is 5.97 Å². The Labute approximate surface area is 125 Å². The van der Waals surface area contributed by atoms with Crippen molar-refractivity contribution in [3.8, 4) is 0 Å². The summed E-state index contributed by atoms with van der Waals surface area (Å²) in [5.41, 5.74) is 0. The maximum Gasteiger partial charge on any atom is 0.303 e. The number of nitrogens with one attached hydrogen (secondary N) is 1. The first-order valence-electron chi connectivity index (χ1n) is 7.11. The molecule has 1 fully saturated rings. The molecule has 1 saturated heterocycles. The Balaban J connectivity index is 2.44. The van der Waals surface area contributed by atoms with Crippen molar-refractivity contribution in [1.29, 1.82) is 0 Å². The Bertz CT molecular complexity index is 477. The molecule has 1 rings (SSSR count). The fraction of sp³-hybridized carbons (Fsp3) is 0.846. The Morgan fingerprint density at radius 3 is 2.62 bits per heavy atom. The van der Waals surface area contributed by atoms with Gasteiger partial charge in [-0.1, -0.05) is 6.92 Å². The van der Waals surface area contributed by atoms with E-state index in [0.29, 0.717) is 19.6 Å². The molecule has 0 aromatic heterocycles. The number of hydrogen-bond donors (Lipinski definition) is 2. The summed E-state index contributed by atoms with van der Waals surface area (Å²) in [7, 11) is -3.21. The van der Waals surface area contributed by atoms with E-state index in [4.69, 9.17) is 5.11 Å². The monoisotopic (exact) mass is 320 g/mol. The second-order valence-electron chi connectivity index (χ2n) is 5.88. The lowest BCUT2D eigenvalue weighted by atomic mass is 9.96. The second kappa shape index (κ2) is 7.74. The van der Waals surface area contributed by atoms with E-state index in [1.54, 1.807) is 11.8 Å².